The third kappa shape index (κ3) is 4.87. The van der Waals surface area contributed by atoms with E-state index in [0.717, 1.165) is 19.4 Å². The van der Waals surface area contributed by atoms with Crippen molar-refractivity contribution in [2.75, 3.05) is 19.6 Å². The summed E-state index contributed by atoms with van der Waals surface area (Å²) in [5.41, 5.74) is 0. The Hall–Kier alpha value is -1.86. The lowest BCUT2D eigenvalue weighted by molar-refractivity contribution is -0.137. The van der Waals surface area contributed by atoms with Crippen molar-refractivity contribution >= 4 is 11.9 Å². The molecular weight excluding hydrogens is 278 g/mol. The van der Waals surface area contributed by atoms with Crippen molar-refractivity contribution in [3.63, 3.8) is 0 Å². The van der Waals surface area contributed by atoms with E-state index in [-0.39, 0.29) is 24.9 Å². The van der Waals surface area contributed by atoms with Crippen LogP contribution in [0.15, 0.2) is 16.5 Å². The van der Waals surface area contributed by atoms with Gasteiger partial charge in [0.25, 0.3) is 0 Å². The van der Waals surface area contributed by atoms with E-state index in [9.17, 15) is 9.59 Å². The number of carboxylic acids is 2. The van der Waals surface area contributed by atoms with Crippen LogP contribution in [0.3, 0.4) is 0 Å². The van der Waals surface area contributed by atoms with E-state index in [1.165, 1.54) is 6.07 Å². The number of hydrogen-bond acceptors (Lipinski definition) is 5. The van der Waals surface area contributed by atoms with Gasteiger partial charge in [-0.25, -0.2) is 4.79 Å². The van der Waals surface area contributed by atoms with Gasteiger partial charge in [-0.05, 0) is 31.5 Å². The lowest BCUT2D eigenvalue weighted by atomic mass is 10.1. The zero-order valence-corrected chi connectivity index (χ0v) is 11.7. The fraction of sp³-hybridized carbons (Fsp3) is 0.571. The zero-order valence-electron chi connectivity index (χ0n) is 11.7. The lowest BCUT2D eigenvalue weighted by Crippen LogP contribution is -2.40. The first-order valence-corrected chi connectivity index (χ1v) is 6.92. The van der Waals surface area contributed by atoms with Crippen molar-refractivity contribution < 1.29 is 29.0 Å². The Balaban J connectivity index is 1.76. The van der Waals surface area contributed by atoms with Crippen molar-refractivity contribution in [2.45, 2.75) is 32.0 Å². The van der Waals surface area contributed by atoms with E-state index in [4.69, 9.17) is 19.4 Å². The van der Waals surface area contributed by atoms with Gasteiger partial charge < -0.3 is 24.3 Å². The van der Waals surface area contributed by atoms with Crippen molar-refractivity contribution in [3.05, 3.63) is 23.7 Å². The Kier molecular flexibility index (Phi) is 5.35. The SMILES string of the molecule is O=C(O)CCN1CCCC(OCc2ccc(C(=O)O)o2)C1. The standard InChI is InChI=1S/C14H19NO6/c16-13(17)5-7-15-6-1-2-10(8-15)20-9-11-3-4-12(21-11)14(18)19/h3-4,10H,1-2,5-9H2,(H,16,17)(H,18,19). The summed E-state index contributed by atoms with van der Waals surface area (Å²) in [4.78, 5) is 23.4. The number of aliphatic carboxylic acids is 1. The summed E-state index contributed by atoms with van der Waals surface area (Å²) < 4.78 is 10.8. The van der Waals surface area contributed by atoms with E-state index in [1.807, 2.05) is 0 Å². The first-order valence-electron chi connectivity index (χ1n) is 6.92. The summed E-state index contributed by atoms with van der Waals surface area (Å²) in [6.45, 7) is 2.33. The number of hydrogen-bond donors (Lipinski definition) is 2. The highest BCUT2D eigenvalue weighted by Crippen LogP contribution is 2.16. The molecule has 2 N–H and O–H groups in total. The van der Waals surface area contributed by atoms with Gasteiger partial charge in [-0.15, -0.1) is 0 Å². The Labute approximate surface area is 122 Å². The van der Waals surface area contributed by atoms with Gasteiger partial charge in [-0.1, -0.05) is 0 Å². The minimum absolute atomic E-state index is 0.0194. The minimum atomic E-state index is -1.10. The van der Waals surface area contributed by atoms with Gasteiger partial charge in [-0.3, -0.25) is 4.79 Å². The van der Waals surface area contributed by atoms with Crippen LogP contribution in [0.4, 0.5) is 0 Å². The molecule has 0 radical (unpaired) electrons. The number of piperidine rings is 1. The number of rotatable bonds is 7. The molecule has 1 aromatic rings. The molecule has 1 aromatic heterocycles. The summed E-state index contributed by atoms with van der Waals surface area (Å²) in [6, 6.07) is 3.00. The second-order valence-corrected chi connectivity index (χ2v) is 5.09. The smallest absolute Gasteiger partial charge is 0.371 e. The summed E-state index contributed by atoms with van der Waals surface area (Å²) in [5, 5.41) is 17.5. The van der Waals surface area contributed by atoms with Crippen molar-refractivity contribution in [2.24, 2.45) is 0 Å². The Morgan fingerprint density at radius 3 is 2.86 bits per heavy atom. The predicted octanol–water partition coefficient (Wildman–Crippen LogP) is 1.43. The first-order chi connectivity index (χ1) is 10.0. The number of nitrogens with zero attached hydrogens (tertiary/aromatic N) is 1. The number of likely N-dealkylation sites (tertiary alicyclic amines) is 1. The van der Waals surface area contributed by atoms with Gasteiger partial charge in [-0.2, -0.15) is 0 Å². The molecule has 2 rings (SSSR count). The van der Waals surface area contributed by atoms with Crippen LogP contribution in [-0.2, 0) is 16.1 Å². The maximum absolute atomic E-state index is 10.7. The van der Waals surface area contributed by atoms with Gasteiger partial charge in [0.2, 0.25) is 5.76 Å². The third-order valence-electron chi connectivity index (χ3n) is 3.44. The molecule has 2 heterocycles. The van der Waals surface area contributed by atoms with Gasteiger partial charge in [0.15, 0.2) is 0 Å². The Morgan fingerprint density at radius 1 is 1.38 bits per heavy atom. The van der Waals surface area contributed by atoms with E-state index in [0.29, 0.717) is 18.8 Å². The molecule has 0 amide bonds. The van der Waals surface area contributed by atoms with E-state index < -0.39 is 11.9 Å². The van der Waals surface area contributed by atoms with Crippen LogP contribution in [0.1, 0.15) is 35.6 Å². The van der Waals surface area contributed by atoms with Crippen molar-refractivity contribution in [1.82, 2.24) is 4.90 Å². The van der Waals surface area contributed by atoms with Gasteiger partial charge in [0, 0.05) is 13.1 Å². The highest BCUT2D eigenvalue weighted by Gasteiger charge is 2.21. The summed E-state index contributed by atoms with van der Waals surface area (Å²) in [6.07, 6.45) is 2.03. The molecule has 7 nitrogen and oxygen atoms in total. The predicted molar refractivity (Wildman–Crippen MR) is 72.2 cm³/mol. The quantitative estimate of drug-likeness (QED) is 0.785. The molecule has 0 saturated carbocycles. The number of carbonyl (C=O) groups is 2. The topological polar surface area (TPSA) is 100 Å². The molecule has 0 aliphatic carbocycles. The average molecular weight is 297 g/mol. The van der Waals surface area contributed by atoms with Crippen molar-refractivity contribution in [1.29, 1.82) is 0 Å². The Bertz CT molecular complexity index is 497. The molecule has 0 spiro atoms. The summed E-state index contributed by atoms with van der Waals surface area (Å²) >= 11 is 0. The van der Waals surface area contributed by atoms with Crippen molar-refractivity contribution in [3.8, 4) is 0 Å². The average Bonchev–Trinajstić information content (AvgIpc) is 2.92. The number of carboxylic acid groups (broad SMARTS) is 2. The molecule has 1 aliphatic rings. The largest absolute Gasteiger partial charge is 0.481 e. The molecule has 1 aliphatic heterocycles. The number of furan rings is 1. The molecule has 21 heavy (non-hydrogen) atoms. The molecule has 1 saturated heterocycles. The first kappa shape index (κ1) is 15.5. The number of ether oxygens (including phenoxy) is 1. The van der Waals surface area contributed by atoms with Gasteiger partial charge in [0.1, 0.15) is 12.4 Å². The monoisotopic (exact) mass is 297 g/mol. The molecule has 1 fully saturated rings. The van der Waals surface area contributed by atoms with Gasteiger partial charge >= 0.3 is 11.9 Å². The molecule has 7 heteroatoms. The molecular formula is C14H19NO6. The molecule has 0 bridgehead atoms. The summed E-state index contributed by atoms with van der Waals surface area (Å²) in [5.74, 6) is -1.51. The normalized spacial score (nSPS) is 19.5. The van der Waals surface area contributed by atoms with Crippen LogP contribution in [0, 0.1) is 0 Å². The Morgan fingerprint density at radius 2 is 2.19 bits per heavy atom. The maximum atomic E-state index is 10.7. The second-order valence-electron chi connectivity index (χ2n) is 5.09. The van der Waals surface area contributed by atoms with E-state index in [1.54, 1.807) is 6.07 Å². The van der Waals surface area contributed by atoms with E-state index >= 15 is 0 Å². The fourth-order valence-electron chi connectivity index (χ4n) is 2.38. The van der Waals surface area contributed by atoms with Crippen LogP contribution in [0.2, 0.25) is 0 Å². The van der Waals surface area contributed by atoms with Crippen LogP contribution in [0.5, 0.6) is 0 Å². The number of aromatic carboxylic acids is 1. The minimum Gasteiger partial charge on any atom is -0.481 e. The molecule has 0 aromatic carbocycles. The fourth-order valence-corrected chi connectivity index (χ4v) is 2.38. The van der Waals surface area contributed by atoms with Crippen LogP contribution in [0.25, 0.3) is 0 Å². The molecule has 1 unspecified atom stereocenters. The maximum Gasteiger partial charge on any atom is 0.371 e. The zero-order chi connectivity index (χ0) is 15.2. The van der Waals surface area contributed by atoms with Crippen LogP contribution < -0.4 is 0 Å². The van der Waals surface area contributed by atoms with E-state index in [2.05, 4.69) is 4.90 Å². The van der Waals surface area contributed by atoms with Crippen LogP contribution >= 0.6 is 0 Å². The molecule has 1 atom stereocenters. The van der Waals surface area contributed by atoms with Crippen LogP contribution in [-0.4, -0.2) is 52.8 Å². The lowest BCUT2D eigenvalue weighted by Gasteiger charge is -2.32. The summed E-state index contributed by atoms with van der Waals surface area (Å²) in [7, 11) is 0. The highest BCUT2D eigenvalue weighted by molar-refractivity contribution is 5.84. The second kappa shape index (κ2) is 7.24. The highest BCUT2D eigenvalue weighted by atomic mass is 16.5. The molecule has 116 valence electrons. The third-order valence-corrected chi connectivity index (χ3v) is 3.44. The van der Waals surface area contributed by atoms with Gasteiger partial charge in [0.05, 0.1) is 12.5 Å².